The van der Waals surface area contributed by atoms with Crippen molar-refractivity contribution in [1.82, 2.24) is 9.80 Å². The van der Waals surface area contributed by atoms with Crippen LogP contribution in [0.2, 0.25) is 0 Å². The number of methoxy groups -OCH3 is 1. The maximum Gasteiger partial charge on any atom is 0.253 e. The molecule has 5 nitrogen and oxygen atoms in total. The highest BCUT2D eigenvalue weighted by atomic mass is 16.5. The second-order valence-electron chi connectivity index (χ2n) is 7.61. The van der Waals surface area contributed by atoms with E-state index in [0.29, 0.717) is 37.3 Å². The molecular formula is C26H26N2O3. The zero-order chi connectivity index (χ0) is 21.6. The molecule has 3 aromatic carbocycles. The molecule has 5 heteroatoms. The van der Waals surface area contributed by atoms with Crippen molar-refractivity contribution in [3.8, 4) is 16.9 Å². The van der Waals surface area contributed by atoms with Crippen LogP contribution >= 0.6 is 0 Å². The monoisotopic (exact) mass is 414 g/mol. The van der Waals surface area contributed by atoms with E-state index in [1.807, 2.05) is 52.3 Å². The Morgan fingerprint density at radius 1 is 0.645 bits per heavy atom. The van der Waals surface area contributed by atoms with Gasteiger partial charge in [-0.2, -0.15) is 0 Å². The lowest BCUT2D eigenvalue weighted by atomic mass is 10.0. The Balaban J connectivity index is 1.39. The zero-order valence-electron chi connectivity index (χ0n) is 17.7. The molecule has 1 heterocycles. The van der Waals surface area contributed by atoms with Crippen LogP contribution < -0.4 is 4.74 Å². The summed E-state index contributed by atoms with van der Waals surface area (Å²) in [6, 6.07) is 25.0. The Labute approximate surface area is 182 Å². The molecule has 3 aromatic rings. The minimum Gasteiger partial charge on any atom is -0.497 e. The SMILES string of the molecule is COc1ccc(C(=O)N2CCCN(C(=O)c3ccc(-c4ccccc4)cc3)CC2)cc1. The minimum absolute atomic E-state index is 0.0100. The number of amides is 2. The molecule has 4 rings (SSSR count). The highest BCUT2D eigenvalue weighted by Crippen LogP contribution is 2.20. The van der Waals surface area contributed by atoms with Crippen LogP contribution in [0.4, 0.5) is 0 Å². The lowest BCUT2D eigenvalue weighted by Crippen LogP contribution is -2.37. The Bertz CT molecular complexity index is 1030. The smallest absolute Gasteiger partial charge is 0.253 e. The summed E-state index contributed by atoms with van der Waals surface area (Å²) in [5.74, 6) is 0.727. The van der Waals surface area contributed by atoms with E-state index in [2.05, 4.69) is 12.1 Å². The zero-order valence-corrected chi connectivity index (χ0v) is 17.7. The van der Waals surface area contributed by atoms with Gasteiger partial charge in [0.15, 0.2) is 0 Å². The fourth-order valence-electron chi connectivity index (χ4n) is 3.86. The first kappa shape index (κ1) is 20.7. The average molecular weight is 415 g/mol. The molecule has 0 aliphatic carbocycles. The Morgan fingerprint density at radius 2 is 1.13 bits per heavy atom. The summed E-state index contributed by atoms with van der Waals surface area (Å²) >= 11 is 0. The fourth-order valence-corrected chi connectivity index (χ4v) is 3.86. The third-order valence-corrected chi connectivity index (χ3v) is 5.65. The van der Waals surface area contributed by atoms with Crippen molar-refractivity contribution in [2.24, 2.45) is 0 Å². The van der Waals surface area contributed by atoms with Gasteiger partial charge in [-0.25, -0.2) is 0 Å². The van der Waals surface area contributed by atoms with Crippen LogP contribution in [0.15, 0.2) is 78.9 Å². The molecule has 0 spiro atoms. The molecule has 1 fully saturated rings. The standard InChI is InChI=1S/C26H26N2O3/c1-31-24-14-12-23(13-15-24)26(30)28-17-5-16-27(18-19-28)25(29)22-10-8-21(9-11-22)20-6-3-2-4-7-20/h2-4,6-15H,5,16-19H2,1H3. The molecule has 1 saturated heterocycles. The summed E-state index contributed by atoms with van der Waals surface area (Å²) in [6.07, 6.45) is 0.760. The molecule has 0 radical (unpaired) electrons. The Hall–Kier alpha value is -3.60. The van der Waals surface area contributed by atoms with E-state index in [4.69, 9.17) is 4.74 Å². The highest BCUT2D eigenvalue weighted by Gasteiger charge is 2.23. The van der Waals surface area contributed by atoms with Crippen LogP contribution in [-0.2, 0) is 0 Å². The van der Waals surface area contributed by atoms with Crippen molar-refractivity contribution in [3.05, 3.63) is 90.0 Å². The third kappa shape index (κ3) is 4.77. The van der Waals surface area contributed by atoms with Crippen molar-refractivity contribution >= 4 is 11.8 Å². The summed E-state index contributed by atoms with van der Waals surface area (Å²) in [7, 11) is 1.60. The maximum atomic E-state index is 13.0. The molecule has 31 heavy (non-hydrogen) atoms. The van der Waals surface area contributed by atoms with E-state index in [1.165, 1.54) is 0 Å². The van der Waals surface area contributed by atoms with Gasteiger partial charge in [0.25, 0.3) is 11.8 Å². The molecule has 1 aliphatic heterocycles. The number of carbonyl (C=O) groups excluding carboxylic acids is 2. The molecule has 0 unspecified atom stereocenters. The summed E-state index contributed by atoms with van der Waals surface area (Å²) < 4.78 is 5.16. The van der Waals surface area contributed by atoms with Crippen molar-refractivity contribution in [2.45, 2.75) is 6.42 Å². The number of rotatable bonds is 4. The van der Waals surface area contributed by atoms with E-state index in [-0.39, 0.29) is 11.8 Å². The van der Waals surface area contributed by atoms with Gasteiger partial charge in [0.2, 0.25) is 0 Å². The Kier molecular flexibility index (Phi) is 6.32. The molecule has 0 saturated carbocycles. The second kappa shape index (κ2) is 9.47. The summed E-state index contributed by atoms with van der Waals surface area (Å²) in [5, 5.41) is 0. The molecule has 158 valence electrons. The second-order valence-corrected chi connectivity index (χ2v) is 7.61. The predicted molar refractivity (Wildman–Crippen MR) is 121 cm³/mol. The van der Waals surface area contributed by atoms with Gasteiger partial charge in [-0.1, -0.05) is 42.5 Å². The van der Waals surface area contributed by atoms with Gasteiger partial charge in [0.1, 0.15) is 5.75 Å². The van der Waals surface area contributed by atoms with Crippen molar-refractivity contribution < 1.29 is 14.3 Å². The van der Waals surface area contributed by atoms with E-state index >= 15 is 0 Å². The number of carbonyl (C=O) groups is 2. The fraction of sp³-hybridized carbons (Fsp3) is 0.231. The van der Waals surface area contributed by atoms with E-state index in [1.54, 1.807) is 31.4 Å². The van der Waals surface area contributed by atoms with Gasteiger partial charge in [0, 0.05) is 37.3 Å². The van der Waals surface area contributed by atoms with Crippen LogP contribution in [-0.4, -0.2) is 54.9 Å². The van der Waals surface area contributed by atoms with Crippen molar-refractivity contribution in [1.29, 1.82) is 0 Å². The molecular weight excluding hydrogens is 388 g/mol. The minimum atomic E-state index is -0.0100. The first-order valence-electron chi connectivity index (χ1n) is 10.5. The topological polar surface area (TPSA) is 49.9 Å². The quantitative estimate of drug-likeness (QED) is 0.638. The lowest BCUT2D eigenvalue weighted by Gasteiger charge is -2.22. The molecule has 1 aliphatic rings. The van der Waals surface area contributed by atoms with Crippen LogP contribution in [0.1, 0.15) is 27.1 Å². The third-order valence-electron chi connectivity index (χ3n) is 5.65. The van der Waals surface area contributed by atoms with E-state index < -0.39 is 0 Å². The first-order valence-corrected chi connectivity index (χ1v) is 10.5. The number of ether oxygens (including phenoxy) is 1. The van der Waals surface area contributed by atoms with Gasteiger partial charge >= 0.3 is 0 Å². The number of hydrogen-bond acceptors (Lipinski definition) is 3. The predicted octanol–water partition coefficient (Wildman–Crippen LogP) is 4.35. The summed E-state index contributed by atoms with van der Waals surface area (Å²) in [4.78, 5) is 29.6. The molecule has 0 bridgehead atoms. The van der Waals surface area contributed by atoms with Crippen LogP contribution in [0.5, 0.6) is 5.75 Å². The van der Waals surface area contributed by atoms with Gasteiger partial charge < -0.3 is 14.5 Å². The maximum absolute atomic E-state index is 13.0. The van der Waals surface area contributed by atoms with Crippen molar-refractivity contribution in [3.63, 3.8) is 0 Å². The number of nitrogens with zero attached hydrogens (tertiary/aromatic N) is 2. The number of benzene rings is 3. The van der Waals surface area contributed by atoms with Gasteiger partial charge in [-0.05, 0) is 53.9 Å². The molecule has 0 atom stereocenters. The van der Waals surface area contributed by atoms with Crippen molar-refractivity contribution in [2.75, 3.05) is 33.3 Å². The van der Waals surface area contributed by atoms with Gasteiger partial charge in [-0.3, -0.25) is 9.59 Å². The first-order chi connectivity index (χ1) is 15.2. The van der Waals surface area contributed by atoms with Gasteiger partial charge in [-0.15, -0.1) is 0 Å². The average Bonchev–Trinajstić information content (AvgIpc) is 3.10. The largest absolute Gasteiger partial charge is 0.497 e. The molecule has 2 amide bonds. The van der Waals surface area contributed by atoms with Gasteiger partial charge in [0.05, 0.1) is 7.11 Å². The molecule has 0 aromatic heterocycles. The summed E-state index contributed by atoms with van der Waals surface area (Å²) in [5.41, 5.74) is 3.53. The van der Waals surface area contributed by atoms with E-state index in [0.717, 1.165) is 23.3 Å². The van der Waals surface area contributed by atoms with E-state index in [9.17, 15) is 9.59 Å². The lowest BCUT2D eigenvalue weighted by molar-refractivity contribution is 0.0718. The highest BCUT2D eigenvalue weighted by molar-refractivity contribution is 5.96. The number of hydrogen-bond donors (Lipinski definition) is 0. The van der Waals surface area contributed by atoms with Crippen LogP contribution in [0.3, 0.4) is 0 Å². The van der Waals surface area contributed by atoms with Crippen LogP contribution in [0, 0.1) is 0 Å². The van der Waals surface area contributed by atoms with Crippen LogP contribution in [0.25, 0.3) is 11.1 Å². The molecule has 0 N–H and O–H groups in total. The normalized spacial score (nSPS) is 14.1. The summed E-state index contributed by atoms with van der Waals surface area (Å²) in [6.45, 7) is 2.34. The Morgan fingerprint density at radius 3 is 1.65 bits per heavy atom.